The molecule has 0 saturated heterocycles. The second-order valence-electron chi connectivity index (χ2n) is 5.30. The molecule has 0 aromatic heterocycles. The van der Waals surface area contributed by atoms with E-state index in [9.17, 15) is 10.2 Å². The summed E-state index contributed by atoms with van der Waals surface area (Å²) < 4.78 is 15.7. The molecule has 0 amide bonds. The van der Waals surface area contributed by atoms with Crippen LogP contribution in [-0.2, 0) is 15.9 Å². The van der Waals surface area contributed by atoms with E-state index in [0.29, 0.717) is 19.0 Å². The summed E-state index contributed by atoms with van der Waals surface area (Å²) in [5.41, 5.74) is 2.13. The number of aliphatic hydroxyl groups is 2. The van der Waals surface area contributed by atoms with Gasteiger partial charge in [-0.1, -0.05) is 6.07 Å². The minimum Gasteiger partial charge on any atom is -0.491 e. The van der Waals surface area contributed by atoms with Crippen LogP contribution < -0.4 is 4.74 Å². The van der Waals surface area contributed by atoms with Crippen LogP contribution >= 0.6 is 0 Å². The number of rotatable bonds is 8. The van der Waals surface area contributed by atoms with Gasteiger partial charge in [-0.25, -0.2) is 0 Å². The summed E-state index contributed by atoms with van der Waals surface area (Å²) in [5, 5.41) is 19.8. The lowest BCUT2D eigenvalue weighted by Crippen LogP contribution is -2.24. The monoisotopic (exact) mass is 296 g/mol. The highest BCUT2D eigenvalue weighted by molar-refractivity contribution is 5.38. The minimum atomic E-state index is -0.678. The zero-order valence-electron chi connectivity index (χ0n) is 12.5. The Hall–Kier alpha value is -1.14. The van der Waals surface area contributed by atoms with Crippen molar-refractivity contribution >= 4 is 0 Å². The van der Waals surface area contributed by atoms with E-state index in [-0.39, 0.29) is 13.2 Å². The van der Waals surface area contributed by atoms with Crippen LogP contribution in [-0.4, -0.2) is 49.9 Å². The molecule has 2 N–H and O–H groups in total. The Morgan fingerprint density at radius 1 is 1.29 bits per heavy atom. The van der Waals surface area contributed by atoms with E-state index in [1.54, 1.807) is 7.11 Å². The van der Waals surface area contributed by atoms with Crippen LogP contribution in [0.4, 0.5) is 0 Å². The number of ether oxygens (including phenoxy) is 3. The quantitative estimate of drug-likeness (QED) is 0.711. The highest BCUT2D eigenvalue weighted by Gasteiger charge is 2.18. The molecule has 1 aliphatic rings. The van der Waals surface area contributed by atoms with Crippen LogP contribution in [0.3, 0.4) is 0 Å². The van der Waals surface area contributed by atoms with Crippen LogP contribution in [0.5, 0.6) is 5.75 Å². The molecule has 0 heterocycles. The van der Waals surface area contributed by atoms with Gasteiger partial charge in [0.05, 0.1) is 25.9 Å². The third kappa shape index (κ3) is 4.97. The van der Waals surface area contributed by atoms with Crippen LogP contribution in [0, 0.1) is 0 Å². The van der Waals surface area contributed by atoms with Crippen molar-refractivity contribution in [3.8, 4) is 5.75 Å². The molecule has 1 aromatic rings. The molecule has 0 fully saturated rings. The Kier molecular flexibility index (Phi) is 6.45. The maximum atomic E-state index is 9.99. The second kappa shape index (κ2) is 8.34. The van der Waals surface area contributed by atoms with Crippen molar-refractivity contribution in [1.82, 2.24) is 0 Å². The highest BCUT2D eigenvalue weighted by Crippen LogP contribution is 2.32. The van der Waals surface area contributed by atoms with Crippen molar-refractivity contribution in [3.63, 3.8) is 0 Å². The Morgan fingerprint density at radius 3 is 2.95 bits per heavy atom. The summed E-state index contributed by atoms with van der Waals surface area (Å²) in [4.78, 5) is 0. The molecule has 1 aliphatic carbocycles. The molecule has 1 unspecified atom stereocenters. The molecule has 0 spiro atoms. The largest absolute Gasteiger partial charge is 0.491 e. The second-order valence-corrected chi connectivity index (χ2v) is 5.30. The molecule has 0 bridgehead atoms. The summed E-state index contributed by atoms with van der Waals surface area (Å²) in [5.74, 6) is 0.672. The maximum absolute atomic E-state index is 9.99. The third-order valence-electron chi connectivity index (χ3n) is 3.58. The highest BCUT2D eigenvalue weighted by atomic mass is 16.5. The van der Waals surface area contributed by atoms with Crippen LogP contribution in [0.2, 0.25) is 0 Å². The molecule has 2 atom stereocenters. The van der Waals surface area contributed by atoms with Crippen molar-refractivity contribution in [2.45, 2.75) is 31.5 Å². The van der Waals surface area contributed by atoms with E-state index < -0.39 is 12.2 Å². The molecule has 0 radical (unpaired) electrons. The van der Waals surface area contributed by atoms with Crippen molar-refractivity contribution in [1.29, 1.82) is 0 Å². The van der Waals surface area contributed by atoms with Gasteiger partial charge in [0.2, 0.25) is 0 Å². The molecule has 5 heteroatoms. The van der Waals surface area contributed by atoms with Gasteiger partial charge in [-0.15, -0.1) is 0 Å². The number of aliphatic hydroxyl groups excluding tert-OH is 2. The van der Waals surface area contributed by atoms with E-state index in [0.717, 1.165) is 24.8 Å². The van der Waals surface area contributed by atoms with E-state index in [2.05, 4.69) is 0 Å². The standard InChI is InChI=1S/C16H24O5/c1-19-7-8-20-10-13(17)11-21-14-6-5-12-3-2-4-16(18)15(12)9-14/h5-6,9,13,16-18H,2-4,7-8,10-11H2,1H3/t13?,16-/m1/s1. The van der Waals surface area contributed by atoms with Crippen molar-refractivity contribution in [2.24, 2.45) is 0 Å². The number of benzene rings is 1. The number of aryl methyl sites for hydroxylation is 1. The van der Waals surface area contributed by atoms with Crippen molar-refractivity contribution in [2.75, 3.05) is 33.5 Å². The molecular weight excluding hydrogens is 272 g/mol. The molecular formula is C16H24O5. The van der Waals surface area contributed by atoms with Gasteiger partial charge in [0.1, 0.15) is 18.5 Å². The molecule has 1 aromatic carbocycles. The minimum absolute atomic E-state index is 0.169. The molecule has 21 heavy (non-hydrogen) atoms. The summed E-state index contributed by atoms with van der Waals surface area (Å²) in [7, 11) is 1.60. The van der Waals surface area contributed by atoms with Gasteiger partial charge in [-0.3, -0.25) is 0 Å². The SMILES string of the molecule is COCCOCC(O)COc1ccc2c(c1)[C@H](O)CCC2. The molecule has 0 aliphatic heterocycles. The summed E-state index contributed by atoms with van der Waals surface area (Å²) >= 11 is 0. The van der Waals surface area contributed by atoms with Crippen molar-refractivity contribution in [3.05, 3.63) is 29.3 Å². The zero-order chi connectivity index (χ0) is 15.1. The van der Waals surface area contributed by atoms with Gasteiger partial charge >= 0.3 is 0 Å². The normalized spacial score (nSPS) is 19.1. The zero-order valence-corrected chi connectivity index (χ0v) is 12.5. The fourth-order valence-electron chi connectivity index (χ4n) is 2.44. The average Bonchev–Trinajstić information content (AvgIpc) is 2.50. The first-order chi connectivity index (χ1) is 10.2. The van der Waals surface area contributed by atoms with Crippen molar-refractivity contribution < 1.29 is 24.4 Å². The summed E-state index contributed by atoms with van der Waals surface area (Å²) in [6, 6.07) is 5.75. The number of hydrogen-bond donors (Lipinski definition) is 2. The van der Waals surface area contributed by atoms with E-state index in [1.807, 2.05) is 18.2 Å². The van der Waals surface area contributed by atoms with Gasteiger partial charge in [-0.2, -0.15) is 0 Å². The van der Waals surface area contributed by atoms with E-state index in [4.69, 9.17) is 14.2 Å². The van der Waals surface area contributed by atoms with E-state index in [1.165, 1.54) is 5.56 Å². The average molecular weight is 296 g/mol. The third-order valence-corrected chi connectivity index (χ3v) is 3.58. The first-order valence-corrected chi connectivity index (χ1v) is 7.39. The first-order valence-electron chi connectivity index (χ1n) is 7.39. The summed E-state index contributed by atoms with van der Waals surface area (Å²) in [6.07, 6.45) is 1.74. The van der Waals surface area contributed by atoms with Gasteiger partial charge < -0.3 is 24.4 Å². The number of fused-ring (bicyclic) bond motifs is 1. The van der Waals surface area contributed by atoms with Gasteiger partial charge in [-0.05, 0) is 42.5 Å². The van der Waals surface area contributed by atoms with Crippen LogP contribution in [0.15, 0.2) is 18.2 Å². The molecule has 5 nitrogen and oxygen atoms in total. The summed E-state index contributed by atoms with van der Waals surface area (Å²) in [6.45, 7) is 1.35. The van der Waals surface area contributed by atoms with Gasteiger partial charge in [0.25, 0.3) is 0 Å². The lowest BCUT2D eigenvalue weighted by molar-refractivity contribution is -0.00423. The number of methoxy groups -OCH3 is 1. The predicted octanol–water partition coefficient (Wildman–Crippen LogP) is 1.46. The Labute approximate surface area is 125 Å². The first kappa shape index (κ1) is 16.2. The topological polar surface area (TPSA) is 68.2 Å². The molecule has 2 rings (SSSR count). The number of hydrogen-bond acceptors (Lipinski definition) is 5. The smallest absolute Gasteiger partial charge is 0.119 e. The maximum Gasteiger partial charge on any atom is 0.119 e. The lowest BCUT2D eigenvalue weighted by atomic mass is 9.89. The van der Waals surface area contributed by atoms with Crippen LogP contribution in [0.25, 0.3) is 0 Å². The fraction of sp³-hybridized carbons (Fsp3) is 0.625. The Balaban J connectivity index is 1.79. The Morgan fingerprint density at radius 2 is 2.14 bits per heavy atom. The fourth-order valence-corrected chi connectivity index (χ4v) is 2.44. The van der Waals surface area contributed by atoms with Gasteiger partial charge in [0, 0.05) is 7.11 Å². The predicted molar refractivity (Wildman–Crippen MR) is 78.5 cm³/mol. The molecule has 0 saturated carbocycles. The lowest BCUT2D eigenvalue weighted by Gasteiger charge is -2.22. The van der Waals surface area contributed by atoms with Gasteiger partial charge in [0.15, 0.2) is 0 Å². The Bertz CT molecular complexity index is 435. The van der Waals surface area contributed by atoms with Crippen LogP contribution in [0.1, 0.15) is 30.1 Å². The molecule has 118 valence electrons. The van der Waals surface area contributed by atoms with E-state index >= 15 is 0 Å².